The summed E-state index contributed by atoms with van der Waals surface area (Å²) in [6.45, 7) is 0. The molecule has 3 nitrogen and oxygen atoms in total. The lowest BCUT2D eigenvalue weighted by Crippen LogP contribution is -2.12. The fraction of sp³-hybridized carbons (Fsp3) is 0. The Hall–Kier alpha value is -0.660. The quantitative estimate of drug-likeness (QED) is 0.561. The molecule has 0 saturated heterocycles. The molecule has 1 N–H and O–H groups in total. The van der Waals surface area contributed by atoms with E-state index in [0.29, 0.717) is 11.3 Å². The van der Waals surface area contributed by atoms with Crippen molar-refractivity contribution in [1.29, 1.82) is 0 Å². The van der Waals surface area contributed by atoms with E-state index in [4.69, 9.17) is 11.6 Å². The average Bonchev–Trinajstić information content (AvgIpc) is 2.34. The number of pyridine rings is 1. The van der Waals surface area contributed by atoms with Crippen LogP contribution in [0.4, 0.5) is 5.69 Å². The minimum atomic E-state index is -0.215. The van der Waals surface area contributed by atoms with Crippen molar-refractivity contribution in [1.82, 2.24) is 4.98 Å². The Morgan fingerprint density at radius 3 is 2.67 bits per heavy atom. The second-order valence-corrected chi connectivity index (χ2v) is 5.97. The highest BCUT2D eigenvalue weighted by Crippen LogP contribution is 2.23. The maximum atomic E-state index is 12.0. The Labute approximate surface area is 131 Å². The average molecular weight is 437 g/mol. The lowest BCUT2D eigenvalue weighted by molar-refractivity contribution is 0.102. The van der Waals surface area contributed by atoms with Gasteiger partial charge in [-0.2, -0.15) is 0 Å². The number of hydrogen-bond acceptors (Lipinski definition) is 2. The van der Waals surface area contributed by atoms with Crippen LogP contribution >= 0.6 is 50.1 Å². The van der Waals surface area contributed by atoms with Crippen LogP contribution in [-0.4, -0.2) is 10.9 Å². The largest absolute Gasteiger partial charge is 0.319 e. The van der Waals surface area contributed by atoms with Crippen LogP contribution in [0, 0.1) is 3.57 Å². The molecule has 0 unspecified atom stereocenters. The Morgan fingerprint density at radius 1 is 1.33 bits per heavy atom. The molecule has 1 aromatic heterocycles. The van der Waals surface area contributed by atoms with Crippen LogP contribution in [0.2, 0.25) is 5.15 Å². The first kappa shape index (κ1) is 13.8. The Morgan fingerprint density at radius 2 is 2.00 bits per heavy atom. The summed E-state index contributed by atoms with van der Waals surface area (Å²) in [7, 11) is 0. The van der Waals surface area contributed by atoms with E-state index >= 15 is 0 Å². The van der Waals surface area contributed by atoms with Gasteiger partial charge in [0.2, 0.25) is 0 Å². The fourth-order valence-corrected chi connectivity index (χ4v) is 2.15. The van der Waals surface area contributed by atoms with Crippen molar-refractivity contribution < 1.29 is 4.79 Å². The molecule has 1 aromatic carbocycles. The SMILES string of the molecule is O=C(Nc1cc(Br)cnc1Cl)c1ccc(I)cc1. The molecule has 2 rings (SSSR count). The molecule has 1 amide bonds. The number of nitrogens with zero attached hydrogens (tertiary/aromatic N) is 1. The van der Waals surface area contributed by atoms with Crippen LogP contribution in [-0.2, 0) is 0 Å². The highest BCUT2D eigenvalue weighted by molar-refractivity contribution is 14.1. The van der Waals surface area contributed by atoms with Crippen molar-refractivity contribution in [3.8, 4) is 0 Å². The van der Waals surface area contributed by atoms with Gasteiger partial charge in [-0.15, -0.1) is 0 Å². The number of halogens is 3. The first-order valence-electron chi connectivity index (χ1n) is 4.94. The van der Waals surface area contributed by atoms with Gasteiger partial charge in [-0.3, -0.25) is 4.79 Å². The molecular weight excluding hydrogens is 430 g/mol. The van der Waals surface area contributed by atoms with Crippen LogP contribution < -0.4 is 5.32 Å². The molecule has 6 heteroatoms. The molecule has 2 aromatic rings. The molecule has 0 aliphatic heterocycles. The lowest BCUT2D eigenvalue weighted by atomic mass is 10.2. The van der Waals surface area contributed by atoms with Crippen molar-refractivity contribution in [2.45, 2.75) is 0 Å². The van der Waals surface area contributed by atoms with E-state index in [2.05, 4.69) is 48.8 Å². The van der Waals surface area contributed by atoms with Crippen molar-refractivity contribution in [2.75, 3.05) is 5.32 Å². The van der Waals surface area contributed by atoms with Crippen LogP contribution in [0.25, 0.3) is 0 Å². The molecule has 92 valence electrons. The zero-order valence-corrected chi connectivity index (χ0v) is 13.5. The number of carbonyl (C=O) groups is 1. The number of rotatable bonds is 2. The van der Waals surface area contributed by atoms with E-state index in [1.165, 1.54) is 0 Å². The number of benzene rings is 1. The first-order valence-corrected chi connectivity index (χ1v) is 7.19. The summed E-state index contributed by atoms with van der Waals surface area (Å²) in [5.41, 5.74) is 1.06. The zero-order valence-electron chi connectivity index (χ0n) is 8.95. The van der Waals surface area contributed by atoms with Crippen LogP contribution in [0.3, 0.4) is 0 Å². The summed E-state index contributed by atoms with van der Waals surface area (Å²) in [4.78, 5) is 15.9. The van der Waals surface area contributed by atoms with E-state index in [9.17, 15) is 4.79 Å². The van der Waals surface area contributed by atoms with Crippen molar-refractivity contribution in [2.24, 2.45) is 0 Å². The minimum Gasteiger partial charge on any atom is -0.319 e. The van der Waals surface area contributed by atoms with E-state index in [0.717, 1.165) is 8.04 Å². The molecule has 1 heterocycles. The van der Waals surface area contributed by atoms with E-state index in [1.807, 2.05) is 12.1 Å². The summed E-state index contributed by atoms with van der Waals surface area (Å²) < 4.78 is 1.83. The van der Waals surface area contributed by atoms with Crippen molar-refractivity contribution in [3.63, 3.8) is 0 Å². The van der Waals surface area contributed by atoms with Crippen LogP contribution in [0.1, 0.15) is 10.4 Å². The molecule has 0 bridgehead atoms. The topological polar surface area (TPSA) is 42.0 Å². The minimum absolute atomic E-state index is 0.215. The van der Waals surface area contributed by atoms with Crippen LogP contribution in [0.15, 0.2) is 41.0 Å². The number of anilines is 1. The molecular formula is C12H7BrClIN2O. The molecule has 0 aliphatic rings. The molecule has 0 aliphatic carbocycles. The number of nitrogens with one attached hydrogen (secondary N) is 1. The zero-order chi connectivity index (χ0) is 13.1. The van der Waals surface area contributed by atoms with Crippen molar-refractivity contribution >= 4 is 61.7 Å². The number of amides is 1. The molecule has 0 saturated carbocycles. The first-order chi connectivity index (χ1) is 8.56. The molecule has 0 radical (unpaired) electrons. The van der Waals surface area contributed by atoms with E-state index in [-0.39, 0.29) is 11.1 Å². The second-order valence-electron chi connectivity index (χ2n) is 3.45. The highest BCUT2D eigenvalue weighted by atomic mass is 127. The third kappa shape index (κ3) is 3.43. The van der Waals surface area contributed by atoms with Crippen molar-refractivity contribution in [3.05, 3.63) is 55.3 Å². The predicted molar refractivity (Wildman–Crippen MR) is 84.1 cm³/mol. The summed E-state index contributed by atoms with van der Waals surface area (Å²) in [6.07, 6.45) is 1.57. The van der Waals surface area contributed by atoms with E-state index in [1.54, 1.807) is 24.4 Å². The third-order valence-corrected chi connectivity index (χ3v) is 3.61. The molecule has 0 fully saturated rings. The standard InChI is InChI=1S/C12H7BrClIN2O/c13-8-5-10(11(14)16-6-8)17-12(18)7-1-3-9(15)4-2-7/h1-6H,(H,17,18). The van der Waals surface area contributed by atoms with Gasteiger partial charge >= 0.3 is 0 Å². The van der Waals surface area contributed by atoms with Gasteiger partial charge in [-0.1, -0.05) is 11.6 Å². The van der Waals surface area contributed by atoms with Gasteiger partial charge in [0.05, 0.1) is 5.69 Å². The number of hydrogen-bond donors (Lipinski definition) is 1. The second kappa shape index (κ2) is 5.99. The van der Waals surface area contributed by atoms with E-state index < -0.39 is 0 Å². The molecule has 0 atom stereocenters. The summed E-state index contributed by atoms with van der Waals surface area (Å²) in [5.74, 6) is -0.215. The maximum Gasteiger partial charge on any atom is 0.255 e. The van der Waals surface area contributed by atoms with Gasteiger partial charge in [0, 0.05) is 19.8 Å². The Bertz CT molecular complexity index is 589. The monoisotopic (exact) mass is 436 g/mol. The smallest absolute Gasteiger partial charge is 0.255 e. The fourth-order valence-electron chi connectivity index (χ4n) is 1.31. The normalized spacial score (nSPS) is 10.2. The molecule has 0 spiro atoms. The van der Waals surface area contributed by atoms with Gasteiger partial charge in [0.1, 0.15) is 0 Å². The third-order valence-electron chi connectivity index (χ3n) is 2.16. The number of carbonyl (C=O) groups excluding carboxylic acids is 1. The maximum absolute atomic E-state index is 12.0. The summed E-state index contributed by atoms with van der Waals surface area (Å²) in [5, 5.41) is 2.98. The van der Waals surface area contributed by atoms with Gasteiger partial charge in [0.15, 0.2) is 5.15 Å². The predicted octanol–water partition coefficient (Wildman–Crippen LogP) is 4.35. The Kier molecular flexibility index (Phi) is 4.58. The summed E-state index contributed by atoms with van der Waals surface area (Å²) in [6, 6.07) is 8.97. The van der Waals surface area contributed by atoms with Gasteiger partial charge in [-0.25, -0.2) is 4.98 Å². The van der Waals surface area contributed by atoms with Gasteiger partial charge in [0.25, 0.3) is 5.91 Å². The molecule has 18 heavy (non-hydrogen) atoms. The lowest BCUT2D eigenvalue weighted by Gasteiger charge is -2.07. The van der Waals surface area contributed by atoms with Crippen LogP contribution in [0.5, 0.6) is 0 Å². The summed E-state index contributed by atoms with van der Waals surface area (Å²) >= 11 is 11.4. The van der Waals surface area contributed by atoms with Gasteiger partial charge in [-0.05, 0) is 68.9 Å². The Balaban J connectivity index is 2.21. The highest BCUT2D eigenvalue weighted by Gasteiger charge is 2.09. The van der Waals surface area contributed by atoms with Gasteiger partial charge < -0.3 is 5.32 Å². The number of aromatic nitrogens is 1.